The second-order valence-electron chi connectivity index (χ2n) is 7.08. The average molecular weight is 455 g/mol. The number of rotatable bonds is 9. The number of nitrogens with zero attached hydrogens (tertiary/aromatic N) is 1. The number of hydrogen-bond donors (Lipinski definition) is 1. The van der Waals surface area contributed by atoms with Crippen LogP contribution in [0.15, 0.2) is 77.7 Å². The maximum absolute atomic E-state index is 13.4. The van der Waals surface area contributed by atoms with Gasteiger partial charge in [-0.15, -0.1) is 0 Å². The van der Waals surface area contributed by atoms with Crippen molar-refractivity contribution in [3.05, 3.63) is 83.9 Å². The molecule has 0 aliphatic heterocycles. The minimum absolute atomic E-state index is 0.121. The van der Waals surface area contributed by atoms with Crippen LogP contribution in [0.1, 0.15) is 11.1 Å². The number of hydrogen-bond acceptors (Lipinski definition) is 5. The summed E-state index contributed by atoms with van der Waals surface area (Å²) in [6.45, 7) is 1.67. The number of ether oxygens (including phenoxy) is 2. The molecule has 1 amide bonds. The molecular formula is C24H26N2O5S. The van der Waals surface area contributed by atoms with Crippen LogP contribution in [-0.4, -0.2) is 35.1 Å². The Balaban J connectivity index is 1.83. The first-order valence-corrected chi connectivity index (χ1v) is 11.4. The van der Waals surface area contributed by atoms with Gasteiger partial charge in [0.2, 0.25) is 5.91 Å². The van der Waals surface area contributed by atoms with Gasteiger partial charge in [0.15, 0.2) is 11.5 Å². The summed E-state index contributed by atoms with van der Waals surface area (Å²) >= 11 is 0. The molecule has 3 aromatic carbocycles. The van der Waals surface area contributed by atoms with Gasteiger partial charge < -0.3 is 14.8 Å². The average Bonchev–Trinajstić information content (AvgIpc) is 2.82. The lowest BCUT2D eigenvalue weighted by Gasteiger charge is -2.25. The summed E-state index contributed by atoms with van der Waals surface area (Å²) in [6, 6.07) is 20.5. The number of carbonyl (C=O) groups is 1. The van der Waals surface area contributed by atoms with Crippen LogP contribution in [0.4, 0.5) is 5.69 Å². The Morgan fingerprint density at radius 1 is 0.906 bits per heavy atom. The maximum Gasteiger partial charge on any atom is 0.264 e. The van der Waals surface area contributed by atoms with Gasteiger partial charge in [0.1, 0.15) is 6.54 Å². The summed E-state index contributed by atoms with van der Waals surface area (Å²) in [7, 11) is -0.854. The number of sulfonamides is 1. The molecule has 32 heavy (non-hydrogen) atoms. The van der Waals surface area contributed by atoms with Crippen molar-refractivity contribution in [2.75, 3.05) is 25.1 Å². The van der Waals surface area contributed by atoms with Gasteiger partial charge in [-0.2, -0.15) is 0 Å². The number of aryl methyl sites for hydroxylation is 1. The summed E-state index contributed by atoms with van der Waals surface area (Å²) in [5.74, 6) is 0.706. The Kier molecular flexibility index (Phi) is 7.37. The Labute approximate surface area is 188 Å². The molecule has 8 heteroatoms. The molecule has 0 unspecified atom stereocenters. The number of anilines is 1. The van der Waals surface area contributed by atoms with E-state index in [0.717, 1.165) is 15.4 Å². The van der Waals surface area contributed by atoms with Gasteiger partial charge in [-0.3, -0.25) is 9.10 Å². The van der Waals surface area contributed by atoms with Crippen LogP contribution in [0.3, 0.4) is 0 Å². The third-order valence-corrected chi connectivity index (χ3v) is 6.71. The van der Waals surface area contributed by atoms with Crippen LogP contribution in [0.5, 0.6) is 11.5 Å². The van der Waals surface area contributed by atoms with Crippen LogP contribution in [0.25, 0.3) is 0 Å². The summed E-state index contributed by atoms with van der Waals surface area (Å²) in [5.41, 5.74) is 2.00. The summed E-state index contributed by atoms with van der Waals surface area (Å²) in [5, 5.41) is 2.79. The van der Waals surface area contributed by atoms with E-state index >= 15 is 0 Å². The van der Waals surface area contributed by atoms with Gasteiger partial charge in [-0.1, -0.05) is 42.5 Å². The fourth-order valence-corrected chi connectivity index (χ4v) is 4.75. The van der Waals surface area contributed by atoms with E-state index in [2.05, 4.69) is 5.32 Å². The van der Waals surface area contributed by atoms with Crippen molar-refractivity contribution in [1.82, 2.24) is 5.32 Å². The van der Waals surface area contributed by atoms with Crippen molar-refractivity contribution in [2.24, 2.45) is 0 Å². The molecule has 0 spiro atoms. The predicted octanol–water partition coefficient (Wildman–Crippen LogP) is 3.52. The quantitative estimate of drug-likeness (QED) is 0.535. The lowest BCUT2D eigenvalue weighted by atomic mass is 10.2. The molecule has 0 aliphatic rings. The standard InChI is InChI=1S/C24H26N2O5S/c1-18-9-7-8-12-21(18)26(32(28,29)20-10-5-4-6-11-20)17-24(27)25-16-19-13-14-22(30-2)23(15-19)31-3/h4-15H,16-17H2,1-3H3,(H,25,27). The molecule has 0 aromatic heterocycles. The molecule has 0 saturated carbocycles. The van der Waals surface area contributed by atoms with Gasteiger partial charge in [0.25, 0.3) is 10.0 Å². The first kappa shape index (κ1) is 23.1. The van der Waals surface area contributed by atoms with Crippen molar-refractivity contribution in [2.45, 2.75) is 18.4 Å². The van der Waals surface area contributed by atoms with Crippen LogP contribution in [-0.2, 0) is 21.4 Å². The summed E-state index contributed by atoms with van der Waals surface area (Å²) in [6.07, 6.45) is 0. The van der Waals surface area contributed by atoms with E-state index in [0.29, 0.717) is 17.2 Å². The predicted molar refractivity (Wildman–Crippen MR) is 124 cm³/mol. The Hall–Kier alpha value is -3.52. The maximum atomic E-state index is 13.4. The highest BCUT2D eigenvalue weighted by molar-refractivity contribution is 7.92. The Morgan fingerprint density at radius 2 is 1.56 bits per heavy atom. The molecule has 0 heterocycles. The molecule has 0 fully saturated rings. The minimum atomic E-state index is -3.94. The molecule has 0 atom stereocenters. The van der Waals surface area contributed by atoms with Crippen molar-refractivity contribution in [1.29, 1.82) is 0 Å². The Morgan fingerprint density at radius 3 is 2.22 bits per heavy atom. The second-order valence-corrected chi connectivity index (χ2v) is 8.94. The fraction of sp³-hybridized carbons (Fsp3) is 0.208. The zero-order chi connectivity index (χ0) is 23.1. The zero-order valence-corrected chi connectivity index (χ0v) is 19.1. The highest BCUT2D eigenvalue weighted by Crippen LogP contribution is 2.28. The van der Waals surface area contributed by atoms with Crippen LogP contribution >= 0.6 is 0 Å². The van der Waals surface area contributed by atoms with E-state index in [4.69, 9.17) is 9.47 Å². The van der Waals surface area contributed by atoms with Crippen LogP contribution in [0, 0.1) is 6.92 Å². The minimum Gasteiger partial charge on any atom is -0.493 e. The number of para-hydroxylation sites is 1. The largest absolute Gasteiger partial charge is 0.493 e. The number of nitrogens with one attached hydrogen (secondary N) is 1. The first-order valence-electron chi connectivity index (χ1n) is 9.98. The van der Waals surface area contributed by atoms with E-state index in [9.17, 15) is 13.2 Å². The van der Waals surface area contributed by atoms with Crippen molar-refractivity contribution < 1.29 is 22.7 Å². The molecule has 1 N–H and O–H groups in total. The van der Waals surface area contributed by atoms with Gasteiger partial charge in [-0.05, 0) is 48.4 Å². The first-order chi connectivity index (χ1) is 15.4. The Bertz CT molecular complexity index is 1180. The number of carbonyl (C=O) groups excluding carboxylic acids is 1. The highest BCUT2D eigenvalue weighted by Gasteiger charge is 2.28. The van der Waals surface area contributed by atoms with Gasteiger partial charge >= 0.3 is 0 Å². The van der Waals surface area contributed by atoms with E-state index < -0.39 is 15.9 Å². The van der Waals surface area contributed by atoms with E-state index in [1.165, 1.54) is 19.2 Å². The lowest BCUT2D eigenvalue weighted by molar-refractivity contribution is -0.119. The topological polar surface area (TPSA) is 84.9 Å². The molecule has 168 valence electrons. The van der Waals surface area contributed by atoms with Crippen molar-refractivity contribution in [3.8, 4) is 11.5 Å². The monoisotopic (exact) mass is 454 g/mol. The van der Waals surface area contributed by atoms with E-state index in [1.54, 1.807) is 49.6 Å². The third kappa shape index (κ3) is 5.20. The molecule has 7 nitrogen and oxygen atoms in total. The number of amides is 1. The van der Waals surface area contributed by atoms with Crippen LogP contribution in [0.2, 0.25) is 0 Å². The van der Waals surface area contributed by atoms with Crippen molar-refractivity contribution in [3.63, 3.8) is 0 Å². The SMILES string of the molecule is COc1ccc(CNC(=O)CN(c2ccccc2C)S(=O)(=O)c2ccccc2)cc1OC. The normalized spacial score (nSPS) is 11.0. The van der Waals surface area contributed by atoms with E-state index in [-0.39, 0.29) is 18.0 Å². The number of methoxy groups -OCH3 is 2. The fourth-order valence-electron chi connectivity index (χ4n) is 3.24. The highest BCUT2D eigenvalue weighted by atomic mass is 32.2. The molecule has 0 aliphatic carbocycles. The van der Waals surface area contributed by atoms with Gasteiger partial charge in [0.05, 0.1) is 24.8 Å². The van der Waals surface area contributed by atoms with Crippen LogP contribution < -0.4 is 19.1 Å². The second kappa shape index (κ2) is 10.2. The summed E-state index contributed by atoms with van der Waals surface area (Å²) in [4.78, 5) is 12.9. The zero-order valence-electron chi connectivity index (χ0n) is 18.2. The number of benzene rings is 3. The lowest BCUT2D eigenvalue weighted by Crippen LogP contribution is -2.41. The van der Waals surface area contributed by atoms with E-state index in [1.807, 2.05) is 25.1 Å². The van der Waals surface area contributed by atoms with Gasteiger partial charge in [0, 0.05) is 6.54 Å². The molecular weight excluding hydrogens is 428 g/mol. The molecule has 3 rings (SSSR count). The smallest absolute Gasteiger partial charge is 0.264 e. The summed E-state index contributed by atoms with van der Waals surface area (Å²) < 4.78 is 38.4. The molecule has 0 radical (unpaired) electrons. The van der Waals surface area contributed by atoms with Gasteiger partial charge in [-0.25, -0.2) is 8.42 Å². The molecule has 0 bridgehead atoms. The molecule has 3 aromatic rings. The third-order valence-electron chi connectivity index (χ3n) is 4.94. The van der Waals surface area contributed by atoms with Crippen molar-refractivity contribution >= 4 is 21.6 Å². The molecule has 0 saturated heterocycles.